The van der Waals surface area contributed by atoms with Crippen molar-refractivity contribution >= 4 is 24.7 Å². The lowest BCUT2D eigenvalue weighted by atomic mass is 9.93. The first-order valence-corrected chi connectivity index (χ1v) is 11.5. The molecule has 2 aromatic rings. The van der Waals surface area contributed by atoms with E-state index in [1.165, 1.54) is 14.0 Å². The van der Waals surface area contributed by atoms with Crippen LogP contribution in [-0.2, 0) is 23.1 Å². The van der Waals surface area contributed by atoms with Crippen molar-refractivity contribution in [1.82, 2.24) is 19.5 Å². The molecule has 2 aromatic heterocycles. The van der Waals surface area contributed by atoms with Crippen LogP contribution in [0.4, 0.5) is 5.95 Å². The quantitative estimate of drug-likeness (QED) is 0.260. The molecule has 0 bridgehead atoms. The Morgan fingerprint density at radius 1 is 1.34 bits per heavy atom. The minimum atomic E-state index is -3.53. The van der Waals surface area contributed by atoms with E-state index in [0.717, 1.165) is 4.57 Å². The van der Waals surface area contributed by atoms with Crippen molar-refractivity contribution in [2.45, 2.75) is 69.3 Å². The number of anilines is 1. The number of nitrogens with zero attached hydrogens (tertiary/aromatic N) is 2. The number of rotatable bonds is 7. The van der Waals surface area contributed by atoms with Crippen molar-refractivity contribution in [1.29, 1.82) is 0 Å². The van der Waals surface area contributed by atoms with E-state index in [1.807, 2.05) is 0 Å². The lowest BCUT2D eigenvalue weighted by Crippen LogP contribution is -2.38. The number of hydrogen-bond donors (Lipinski definition) is 5. The molecule has 0 amide bonds. The van der Waals surface area contributed by atoms with E-state index in [0.29, 0.717) is 6.42 Å². The van der Waals surface area contributed by atoms with Crippen LogP contribution in [0, 0.1) is 0 Å². The number of ether oxygens (including phenoxy) is 2. The maximum Gasteiger partial charge on any atom is 0.393 e. The molecule has 2 aliphatic heterocycles. The van der Waals surface area contributed by atoms with Gasteiger partial charge in [-0.05, 0) is 13.3 Å². The standard InChI is InChI=1S/C17H26N5O9P/c1-5-16(2,30-32(27)17(3,28-4)31-32)6-7-9(23)10(24)13(29-7)22-11-8(19-15(22)26)12(25)21-14(18)20-11/h7,9-10,13,23-24H,5-6H2,1-4H3,(H,19,26)(H3,18,20,21,25). The van der Waals surface area contributed by atoms with Gasteiger partial charge in [0, 0.05) is 20.5 Å². The second-order valence-corrected chi connectivity index (χ2v) is 10.5. The zero-order chi connectivity index (χ0) is 23.6. The SMILES string of the molecule is CCC(C)(CC1OC(n2c(=O)[nH]c3c(=O)[nH]c(N)nc32)C(O)C1O)OP1(=O)OC1(C)OC. The van der Waals surface area contributed by atoms with Gasteiger partial charge in [-0.1, -0.05) is 6.92 Å². The molecule has 14 nitrogen and oxygen atoms in total. The van der Waals surface area contributed by atoms with E-state index >= 15 is 0 Å². The summed E-state index contributed by atoms with van der Waals surface area (Å²) >= 11 is 0. The Bertz CT molecular complexity index is 1210. The molecule has 2 fully saturated rings. The first-order chi connectivity index (χ1) is 14.9. The van der Waals surface area contributed by atoms with Crippen LogP contribution >= 0.6 is 7.60 Å². The molecule has 0 aromatic carbocycles. The maximum absolute atomic E-state index is 12.8. The fraction of sp³-hybridized carbons (Fsp3) is 0.706. The predicted molar refractivity (Wildman–Crippen MR) is 110 cm³/mol. The molecular formula is C17H26N5O9P. The van der Waals surface area contributed by atoms with Crippen molar-refractivity contribution in [2.75, 3.05) is 12.8 Å². The number of nitrogens with two attached hydrogens (primary N) is 1. The summed E-state index contributed by atoms with van der Waals surface area (Å²) in [5.74, 6) is -0.234. The molecule has 0 saturated carbocycles. The average Bonchev–Trinajstić information content (AvgIpc) is 2.94. The number of aromatic amines is 2. The monoisotopic (exact) mass is 475 g/mol. The average molecular weight is 475 g/mol. The zero-order valence-corrected chi connectivity index (χ0v) is 18.8. The van der Waals surface area contributed by atoms with Gasteiger partial charge in [0.1, 0.15) is 12.2 Å². The van der Waals surface area contributed by atoms with Crippen LogP contribution in [0.5, 0.6) is 0 Å². The van der Waals surface area contributed by atoms with Gasteiger partial charge in [0.05, 0.1) is 11.7 Å². The normalized spacial score (nSPS) is 36.4. The fourth-order valence-corrected chi connectivity index (χ4v) is 5.68. The van der Waals surface area contributed by atoms with Crippen LogP contribution in [0.2, 0.25) is 0 Å². The number of nitrogens with one attached hydrogen (secondary N) is 2. The van der Waals surface area contributed by atoms with Gasteiger partial charge in [-0.3, -0.25) is 28.4 Å². The van der Waals surface area contributed by atoms with Gasteiger partial charge >= 0.3 is 13.3 Å². The molecule has 0 spiro atoms. The Hall–Kier alpha value is -2.06. The van der Waals surface area contributed by atoms with Crippen LogP contribution < -0.4 is 17.0 Å². The maximum atomic E-state index is 12.8. The highest BCUT2D eigenvalue weighted by atomic mass is 31.2. The molecule has 15 heteroatoms. The fourth-order valence-electron chi connectivity index (χ4n) is 3.79. The number of aliphatic hydroxyl groups is 2. The van der Waals surface area contributed by atoms with Gasteiger partial charge in [-0.25, -0.2) is 9.36 Å². The minimum absolute atomic E-state index is 0.0125. The molecule has 4 rings (SSSR count). The summed E-state index contributed by atoms with van der Waals surface area (Å²) in [6, 6.07) is 0. The molecule has 6 N–H and O–H groups in total. The Balaban J connectivity index is 1.61. The van der Waals surface area contributed by atoms with E-state index in [4.69, 9.17) is 24.3 Å². The summed E-state index contributed by atoms with van der Waals surface area (Å²) in [6.45, 7) is 4.95. The predicted octanol–water partition coefficient (Wildman–Crippen LogP) is -0.267. The number of aliphatic hydroxyl groups excluding tert-OH is 2. The third kappa shape index (κ3) is 3.52. The smallest absolute Gasteiger partial charge is 0.388 e. The second-order valence-electron chi connectivity index (χ2n) is 8.29. The van der Waals surface area contributed by atoms with E-state index in [1.54, 1.807) is 13.8 Å². The molecule has 178 valence electrons. The summed E-state index contributed by atoms with van der Waals surface area (Å²) in [4.78, 5) is 33.1. The van der Waals surface area contributed by atoms with Gasteiger partial charge < -0.3 is 25.4 Å². The molecule has 7 unspecified atom stereocenters. The largest absolute Gasteiger partial charge is 0.393 e. The highest BCUT2D eigenvalue weighted by Gasteiger charge is 2.70. The van der Waals surface area contributed by atoms with Crippen LogP contribution in [0.3, 0.4) is 0 Å². The topological polar surface area (TPSA) is 207 Å². The van der Waals surface area contributed by atoms with Gasteiger partial charge in [0.15, 0.2) is 17.4 Å². The van der Waals surface area contributed by atoms with E-state index in [-0.39, 0.29) is 23.5 Å². The van der Waals surface area contributed by atoms with Gasteiger partial charge in [-0.2, -0.15) is 4.98 Å². The van der Waals surface area contributed by atoms with Gasteiger partial charge in [0.2, 0.25) is 5.95 Å². The molecular weight excluding hydrogens is 449 g/mol. The molecule has 7 atom stereocenters. The van der Waals surface area contributed by atoms with Crippen molar-refractivity contribution in [3.05, 3.63) is 20.8 Å². The third-order valence-corrected chi connectivity index (χ3v) is 8.42. The Kier molecular flexibility index (Phi) is 5.41. The van der Waals surface area contributed by atoms with Crippen LogP contribution in [-0.4, -0.2) is 66.3 Å². The van der Waals surface area contributed by atoms with Crippen molar-refractivity contribution in [3.63, 3.8) is 0 Å². The van der Waals surface area contributed by atoms with E-state index < -0.39 is 54.5 Å². The number of nitrogen functional groups attached to an aromatic ring is 1. The lowest BCUT2D eigenvalue weighted by molar-refractivity contribution is -0.0641. The second kappa shape index (κ2) is 7.48. The lowest BCUT2D eigenvalue weighted by Gasteiger charge is -2.31. The van der Waals surface area contributed by atoms with Crippen molar-refractivity contribution < 1.29 is 33.3 Å². The van der Waals surface area contributed by atoms with Gasteiger partial charge in [-0.15, -0.1) is 0 Å². The third-order valence-electron chi connectivity index (χ3n) is 6.04. The molecule has 2 aliphatic rings. The summed E-state index contributed by atoms with van der Waals surface area (Å²) < 4.78 is 35.6. The number of aromatic nitrogens is 4. The molecule has 0 aliphatic carbocycles. The number of methoxy groups -OCH3 is 1. The van der Waals surface area contributed by atoms with Gasteiger partial charge in [0.25, 0.3) is 11.1 Å². The first-order valence-electron chi connectivity index (χ1n) is 9.95. The highest BCUT2D eigenvalue weighted by Crippen LogP contribution is 2.80. The van der Waals surface area contributed by atoms with Crippen LogP contribution in [0.15, 0.2) is 9.59 Å². The first kappa shape index (κ1) is 23.1. The van der Waals surface area contributed by atoms with E-state index in [9.17, 15) is 24.4 Å². The summed E-state index contributed by atoms with van der Waals surface area (Å²) in [6.07, 6.45) is -4.93. The molecule has 0 radical (unpaired) electrons. The number of H-pyrrole nitrogens is 2. The summed E-state index contributed by atoms with van der Waals surface area (Å²) in [5, 5.41) is 21.3. The minimum Gasteiger partial charge on any atom is -0.388 e. The summed E-state index contributed by atoms with van der Waals surface area (Å²) in [5.41, 5.74) is 1.44. The Labute approximate surface area is 181 Å². The zero-order valence-electron chi connectivity index (χ0n) is 17.9. The molecule has 4 heterocycles. The number of fused-ring (bicyclic) bond motifs is 1. The molecule has 32 heavy (non-hydrogen) atoms. The Morgan fingerprint density at radius 3 is 2.62 bits per heavy atom. The number of hydrogen-bond acceptors (Lipinski definition) is 11. The molecule has 2 saturated heterocycles. The van der Waals surface area contributed by atoms with Crippen molar-refractivity contribution in [2.24, 2.45) is 0 Å². The van der Waals surface area contributed by atoms with Crippen molar-refractivity contribution in [3.8, 4) is 0 Å². The number of imidazole rings is 1. The van der Waals surface area contributed by atoms with Crippen LogP contribution in [0.1, 0.15) is 39.8 Å². The summed E-state index contributed by atoms with van der Waals surface area (Å²) in [7, 11) is -2.18. The van der Waals surface area contributed by atoms with E-state index in [2.05, 4.69) is 15.0 Å². The Morgan fingerprint density at radius 2 is 2.03 bits per heavy atom. The highest BCUT2D eigenvalue weighted by molar-refractivity contribution is 7.61. The van der Waals surface area contributed by atoms with Crippen LogP contribution in [0.25, 0.3) is 11.2 Å².